The van der Waals surface area contributed by atoms with Crippen molar-refractivity contribution in [3.05, 3.63) is 41.1 Å². The second-order valence-corrected chi connectivity index (χ2v) is 3.84. The highest BCUT2D eigenvalue weighted by Gasteiger charge is 2.08. The smallest absolute Gasteiger partial charge is 0.160 e. The van der Waals surface area contributed by atoms with Gasteiger partial charge in [0.1, 0.15) is 0 Å². The van der Waals surface area contributed by atoms with Gasteiger partial charge < -0.3 is 0 Å². The fourth-order valence-corrected chi connectivity index (χ4v) is 1.81. The zero-order valence-corrected chi connectivity index (χ0v) is 9.16. The molecule has 2 rings (SSSR count). The number of carbonyl (C=O) groups is 1. The Morgan fingerprint density at radius 2 is 2.00 bits per heavy atom. The Hall–Kier alpha value is -1.70. The van der Waals surface area contributed by atoms with E-state index in [1.807, 2.05) is 38.1 Å². The Morgan fingerprint density at radius 1 is 1.27 bits per heavy atom. The van der Waals surface area contributed by atoms with Crippen LogP contribution >= 0.6 is 0 Å². The lowest BCUT2D eigenvalue weighted by molar-refractivity contribution is 0.101. The third-order valence-corrected chi connectivity index (χ3v) is 2.55. The number of hydrogen-bond donors (Lipinski definition) is 0. The third kappa shape index (κ3) is 1.63. The Morgan fingerprint density at radius 3 is 2.67 bits per heavy atom. The van der Waals surface area contributed by atoms with Crippen molar-refractivity contribution in [2.24, 2.45) is 0 Å². The molecule has 0 aliphatic heterocycles. The van der Waals surface area contributed by atoms with Crippen molar-refractivity contribution in [2.45, 2.75) is 20.8 Å². The van der Waals surface area contributed by atoms with Gasteiger partial charge in [0.15, 0.2) is 5.78 Å². The second kappa shape index (κ2) is 3.46. The van der Waals surface area contributed by atoms with Crippen LogP contribution in [-0.2, 0) is 0 Å². The van der Waals surface area contributed by atoms with Crippen molar-refractivity contribution in [3.8, 4) is 0 Å². The molecule has 2 nitrogen and oxygen atoms in total. The summed E-state index contributed by atoms with van der Waals surface area (Å²) in [7, 11) is 0. The number of pyridine rings is 1. The number of carbonyl (C=O) groups excluding carboxylic acids is 1. The van der Waals surface area contributed by atoms with Gasteiger partial charge in [-0.15, -0.1) is 0 Å². The van der Waals surface area contributed by atoms with Gasteiger partial charge in [0.05, 0.1) is 5.52 Å². The van der Waals surface area contributed by atoms with E-state index in [4.69, 9.17) is 0 Å². The minimum Gasteiger partial charge on any atom is -0.294 e. The quantitative estimate of drug-likeness (QED) is 0.661. The average Bonchev–Trinajstić information content (AvgIpc) is 2.18. The number of benzene rings is 1. The topological polar surface area (TPSA) is 30.0 Å². The Kier molecular flexibility index (Phi) is 2.27. The van der Waals surface area contributed by atoms with E-state index < -0.39 is 0 Å². The number of aryl methyl sites for hydroxylation is 2. The molecule has 0 radical (unpaired) electrons. The molecule has 0 aliphatic carbocycles. The van der Waals surface area contributed by atoms with Crippen LogP contribution in [0.1, 0.15) is 28.5 Å². The lowest BCUT2D eigenvalue weighted by atomic mass is 10.0. The highest BCUT2D eigenvalue weighted by atomic mass is 16.1. The van der Waals surface area contributed by atoms with Crippen molar-refractivity contribution in [1.82, 2.24) is 4.98 Å². The first kappa shape index (κ1) is 9.84. The summed E-state index contributed by atoms with van der Waals surface area (Å²) in [6, 6.07) is 7.77. The highest BCUT2D eigenvalue weighted by Crippen LogP contribution is 2.21. The molecule has 2 aromatic rings. The van der Waals surface area contributed by atoms with E-state index in [0.29, 0.717) is 0 Å². The first-order chi connectivity index (χ1) is 7.09. The van der Waals surface area contributed by atoms with E-state index in [9.17, 15) is 4.79 Å². The molecule has 1 aromatic carbocycles. The maximum Gasteiger partial charge on any atom is 0.160 e. The maximum absolute atomic E-state index is 11.5. The van der Waals surface area contributed by atoms with Gasteiger partial charge >= 0.3 is 0 Å². The number of para-hydroxylation sites is 1. The van der Waals surface area contributed by atoms with Crippen LogP contribution < -0.4 is 0 Å². The summed E-state index contributed by atoms with van der Waals surface area (Å²) in [5.41, 5.74) is 3.70. The van der Waals surface area contributed by atoms with Gasteiger partial charge in [0, 0.05) is 16.6 Å². The van der Waals surface area contributed by atoms with E-state index in [0.717, 1.165) is 27.7 Å². The molecule has 0 unspecified atom stereocenters. The third-order valence-electron chi connectivity index (χ3n) is 2.55. The molecular weight excluding hydrogens is 186 g/mol. The molecule has 0 aliphatic rings. The van der Waals surface area contributed by atoms with E-state index >= 15 is 0 Å². The van der Waals surface area contributed by atoms with E-state index in [1.165, 1.54) is 0 Å². The van der Waals surface area contributed by atoms with E-state index in [1.54, 1.807) is 6.92 Å². The predicted octanol–water partition coefficient (Wildman–Crippen LogP) is 3.05. The van der Waals surface area contributed by atoms with E-state index in [-0.39, 0.29) is 5.78 Å². The van der Waals surface area contributed by atoms with E-state index in [2.05, 4.69) is 4.98 Å². The first-order valence-corrected chi connectivity index (χ1v) is 4.97. The summed E-state index contributed by atoms with van der Waals surface area (Å²) < 4.78 is 0. The molecule has 0 spiro atoms. The summed E-state index contributed by atoms with van der Waals surface area (Å²) in [6.45, 7) is 5.52. The van der Waals surface area contributed by atoms with Crippen molar-refractivity contribution in [3.63, 3.8) is 0 Å². The molecule has 0 atom stereocenters. The fraction of sp³-hybridized carbons (Fsp3) is 0.231. The molecule has 1 aromatic heterocycles. The summed E-state index contributed by atoms with van der Waals surface area (Å²) >= 11 is 0. The summed E-state index contributed by atoms with van der Waals surface area (Å²) in [6.07, 6.45) is 0. The fourth-order valence-electron chi connectivity index (χ4n) is 1.81. The summed E-state index contributed by atoms with van der Waals surface area (Å²) in [5, 5.41) is 0.952. The molecule has 0 fully saturated rings. The molecule has 0 bridgehead atoms. The number of fused-ring (bicyclic) bond motifs is 1. The number of aromatic nitrogens is 1. The molecule has 0 amide bonds. The lowest BCUT2D eigenvalue weighted by Crippen LogP contribution is -1.98. The number of ketones is 1. The molecule has 0 N–H and O–H groups in total. The van der Waals surface area contributed by atoms with Gasteiger partial charge in [-0.2, -0.15) is 0 Å². The molecular formula is C13H13NO. The van der Waals surface area contributed by atoms with Crippen LogP contribution in [0.3, 0.4) is 0 Å². The Bertz CT molecular complexity index is 543. The summed E-state index contributed by atoms with van der Waals surface area (Å²) in [4.78, 5) is 16.0. The standard InChI is InChI=1S/C13H13NO/c1-8-5-4-6-11-12(10(3)15)7-9(2)14-13(8)11/h4-7H,1-3H3. The Balaban J connectivity index is 2.92. The van der Waals surface area contributed by atoms with Gasteiger partial charge in [-0.1, -0.05) is 18.2 Å². The largest absolute Gasteiger partial charge is 0.294 e. The summed E-state index contributed by atoms with van der Waals surface area (Å²) in [5.74, 6) is 0.0936. The lowest BCUT2D eigenvalue weighted by Gasteiger charge is -2.06. The molecule has 0 saturated carbocycles. The number of hydrogen-bond acceptors (Lipinski definition) is 2. The highest BCUT2D eigenvalue weighted by molar-refractivity contribution is 6.06. The SMILES string of the molecule is CC(=O)c1cc(C)nc2c(C)cccc12. The van der Waals surface area contributed by atoms with Gasteiger partial charge in [-0.05, 0) is 32.4 Å². The van der Waals surface area contributed by atoms with Crippen LogP contribution in [0.5, 0.6) is 0 Å². The zero-order valence-electron chi connectivity index (χ0n) is 9.16. The van der Waals surface area contributed by atoms with Crippen LogP contribution in [0.25, 0.3) is 10.9 Å². The second-order valence-electron chi connectivity index (χ2n) is 3.84. The predicted molar refractivity (Wildman–Crippen MR) is 61.2 cm³/mol. The van der Waals surface area contributed by atoms with Crippen LogP contribution in [0, 0.1) is 13.8 Å². The molecule has 1 heterocycles. The normalized spacial score (nSPS) is 10.6. The monoisotopic (exact) mass is 199 g/mol. The minimum atomic E-state index is 0.0936. The maximum atomic E-state index is 11.5. The average molecular weight is 199 g/mol. The number of nitrogens with zero attached hydrogens (tertiary/aromatic N) is 1. The Labute approximate surface area is 89.0 Å². The van der Waals surface area contributed by atoms with Crippen LogP contribution in [-0.4, -0.2) is 10.8 Å². The first-order valence-electron chi connectivity index (χ1n) is 4.97. The van der Waals surface area contributed by atoms with Gasteiger partial charge in [0.25, 0.3) is 0 Å². The molecule has 2 heteroatoms. The number of Topliss-reactive ketones (excluding diaryl/α,β-unsaturated/α-hetero) is 1. The number of rotatable bonds is 1. The van der Waals surface area contributed by atoms with Crippen molar-refractivity contribution in [2.75, 3.05) is 0 Å². The van der Waals surface area contributed by atoms with Gasteiger partial charge in [-0.25, -0.2) is 0 Å². The van der Waals surface area contributed by atoms with Crippen LogP contribution in [0.4, 0.5) is 0 Å². The van der Waals surface area contributed by atoms with Crippen molar-refractivity contribution in [1.29, 1.82) is 0 Å². The molecule has 15 heavy (non-hydrogen) atoms. The van der Waals surface area contributed by atoms with Crippen molar-refractivity contribution >= 4 is 16.7 Å². The minimum absolute atomic E-state index is 0.0936. The van der Waals surface area contributed by atoms with Gasteiger partial charge in [0.2, 0.25) is 0 Å². The molecule has 0 saturated heterocycles. The van der Waals surface area contributed by atoms with Crippen LogP contribution in [0.2, 0.25) is 0 Å². The molecule has 76 valence electrons. The zero-order chi connectivity index (χ0) is 11.0. The van der Waals surface area contributed by atoms with Crippen molar-refractivity contribution < 1.29 is 4.79 Å². The van der Waals surface area contributed by atoms with Crippen LogP contribution in [0.15, 0.2) is 24.3 Å². The van der Waals surface area contributed by atoms with Gasteiger partial charge in [-0.3, -0.25) is 9.78 Å².